The summed E-state index contributed by atoms with van der Waals surface area (Å²) in [6, 6.07) is 0. The summed E-state index contributed by atoms with van der Waals surface area (Å²) >= 11 is 0. The maximum Gasteiger partial charge on any atom is 0.227 e. The number of hydrogen-bond donors (Lipinski definition) is 0. The van der Waals surface area contributed by atoms with Crippen molar-refractivity contribution in [1.82, 2.24) is 4.90 Å². The molecule has 14 heavy (non-hydrogen) atoms. The van der Waals surface area contributed by atoms with E-state index in [2.05, 4.69) is 13.8 Å². The van der Waals surface area contributed by atoms with Crippen molar-refractivity contribution in [2.45, 2.75) is 48.0 Å². The molecule has 0 aliphatic rings. The van der Waals surface area contributed by atoms with Gasteiger partial charge < -0.3 is 4.90 Å². The number of rotatable bonds is 4. The second-order valence-corrected chi connectivity index (χ2v) is 5.11. The number of amides is 1. The van der Waals surface area contributed by atoms with Crippen LogP contribution in [0.4, 0.5) is 0 Å². The van der Waals surface area contributed by atoms with Crippen LogP contribution in [-0.2, 0) is 4.79 Å². The van der Waals surface area contributed by atoms with E-state index in [1.165, 1.54) is 0 Å². The molecule has 0 spiro atoms. The van der Waals surface area contributed by atoms with Crippen LogP contribution in [0, 0.1) is 11.3 Å². The van der Waals surface area contributed by atoms with Crippen LogP contribution in [-0.4, -0.2) is 23.9 Å². The molecule has 0 aromatic carbocycles. The van der Waals surface area contributed by atoms with E-state index < -0.39 is 0 Å². The van der Waals surface area contributed by atoms with Gasteiger partial charge in [0.05, 0.1) is 0 Å². The van der Waals surface area contributed by atoms with E-state index in [1.54, 1.807) is 0 Å². The molecule has 84 valence electrons. The lowest BCUT2D eigenvalue weighted by Crippen LogP contribution is -2.41. The summed E-state index contributed by atoms with van der Waals surface area (Å²) in [6.07, 6.45) is 1.13. The van der Waals surface area contributed by atoms with Gasteiger partial charge in [-0.2, -0.15) is 0 Å². The summed E-state index contributed by atoms with van der Waals surface area (Å²) in [5.41, 5.74) is -0.247. The summed E-state index contributed by atoms with van der Waals surface area (Å²) < 4.78 is 0. The van der Waals surface area contributed by atoms with Crippen molar-refractivity contribution in [3.05, 3.63) is 0 Å². The van der Waals surface area contributed by atoms with E-state index in [9.17, 15) is 4.79 Å². The van der Waals surface area contributed by atoms with Gasteiger partial charge in [0.25, 0.3) is 0 Å². The number of carbonyl (C=O) groups is 1. The lowest BCUT2D eigenvalue weighted by Gasteiger charge is -2.30. The Balaban J connectivity index is 4.35. The highest BCUT2D eigenvalue weighted by molar-refractivity contribution is 5.81. The molecule has 2 heteroatoms. The van der Waals surface area contributed by atoms with Crippen molar-refractivity contribution in [2.75, 3.05) is 13.1 Å². The largest absolute Gasteiger partial charge is 0.342 e. The average Bonchev–Trinajstić information content (AvgIpc) is 2.11. The van der Waals surface area contributed by atoms with Crippen LogP contribution in [0.15, 0.2) is 0 Å². The van der Waals surface area contributed by atoms with E-state index >= 15 is 0 Å². The van der Waals surface area contributed by atoms with Crippen LogP contribution < -0.4 is 0 Å². The molecule has 0 saturated carbocycles. The zero-order chi connectivity index (χ0) is 11.4. The van der Waals surface area contributed by atoms with E-state index in [1.807, 2.05) is 32.6 Å². The molecule has 0 aliphatic carbocycles. The molecule has 0 bridgehead atoms. The second-order valence-electron chi connectivity index (χ2n) is 5.11. The third-order valence-corrected chi connectivity index (χ3v) is 2.54. The van der Waals surface area contributed by atoms with Crippen LogP contribution in [0.2, 0.25) is 0 Å². The van der Waals surface area contributed by atoms with Gasteiger partial charge in [-0.15, -0.1) is 0 Å². The van der Waals surface area contributed by atoms with Crippen molar-refractivity contribution in [2.24, 2.45) is 11.3 Å². The molecule has 0 N–H and O–H groups in total. The molecule has 1 atom stereocenters. The Morgan fingerprint density at radius 3 is 2.07 bits per heavy atom. The quantitative estimate of drug-likeness (QED) is 0.681. The predicted octanol–water partition coefficient (Wildman–Crippen LogP) is 2.93. The zero-order valence-corrected chi connectivity index (χ0v) is 10.6. The van der Waals surface area contributed by atoms with Crippen molar-refractivity contribution in [3.8, 4) is 0 Å². The highest BCUT2D eigenvalue weighted by Gasteiger charge is 2.26. The van der Waals surface area contributed by atoms with Gasteiger partial charge in [-0.25, -0.2) is 0 Å². The van der Waals surface area contributed by atoms with Crippen LogP contribution >= 0.6 is 0 Å². The SMILES string of the molecule is CCC(C)CN(CC)C(=O)C(C)(C)C. The molecule has 0 aromatic heterocycles. The number of carbonyl (C=O) groups excluding carboxylic acids is 1. The van der Waals surface area contributed by atoms with Gasteiger partial charge in [0.15, 0.2) is 0 Å². The molecule has 0 aromatic rings. The molecule has 0 saturated heterocycles. The first-order chi connectivity index (χ1) is 6.32. The highest BCUT2D eigenvalue weighted by atomic mass is 16.2. The Bertz CT molecular complexity index is 181. The minimum absolute atomic E-state index is 0.247. The van der Waals surface area contributed by atoms with Gasteiger partial charge in [0.1, 0.15) is 0 Å². The van der Waals surface area contributed by atoms with Crippen molar-refractivity contribution < 1.29 is 4.79 Å². The summed E-state index contributed by atoms with van der Waals surface area (Å²) in [7, 11) is 0. The molecule has 0 heterocycles. The molecule has 0 radical (unpaired) electrons. The van der Waals surface area contributed by atoms with Crippen LogP contribution in [0.1, 0.15) is 48.0 Å². The number of nitrogens with zero attached hydrogens (tertiary/aromatic N) is 1. The zero-order valence-electron chi connectivity index (χ0n) is 10.6. The average molecular weight is 199 g/mol. The summed E-state index contributed by atoms with van der Waals surface area (Å²) in [6.45, 7) is 14.1. The van der Waals surface area contributed by atoms with E-state index in [0.29, 0.717) is 5.92 Å². The van der Waals surface area contributed by atoms with Crippen LogP contribution in [0.3, 0.4) is 0 Å². The molecule has 1 unspecified atom stereocenters. The number of hydrogen-bond acceptors (Lipinski definition) is 1. The van der Waals surface area contributed by atoms with Gasteiger partial charge in [0, 0.05) is 18.5 Å². The third-order valence-electron chi connectivity index (χ3n) is 2.54. The maximum atomic E-state index is 12.0. The first-order valence-corrected chi connectivity index (χ1v) is 5.62. The molecule has 1 amide bonds. The first-order valence-electron chi connectivity index (χ1n) is 5.62. The summed E-state index contributed by atoms with van der Waals surface area (Å²) in [5.74, 6) is 0.863. The molecule has 0 aliphatic heterocycles. The first kappa shape index (κ1) is 13.5. The fourth-order valence-corrected chi connectivity index (χ4v) is 1.34. The Labute approximate surface area is 88.7 Å². The Kier molecular flexibility index (Phi) is 5.17. The fraction of sp³-hybridized carbons (Fsp3) is 0.917. The topological polar surface area (TPSA) is 20.3 Å². The van der Waals surface area contributed by atoms with Crippen molar-refractivity contribution in [1.29, 1.82) is 0 Å². The van der Waals surface area contributed by atoms with Crippen molar-refractivity contribution in [3.63, 3.8) is 0 Å². The van der Waals surface area contributed by atoms with Crippen LogP contribution in [0.25, 0.3) is 0 Å². The smallest absolute Gasteiger partial charge is 0.227 e. The lowest BCUT2D eigenvalue weighted by molar-refractivity contribution is -0.139. The highest BCUT2D eigenvalue weighted by Crippen LogP contribution is 2.18. The van der Waals surface area contributed by atoms with Gasteiger partial charge in [-0.1, -0.05) is 41.0 Å². The van der Waals surface area contributed by atoms with E-state index in [0.717, 1.165) is 19.5 Å². The molecule has 2 nitrogen and oxygen atoms in total. The fourth-order valence-electron chi connectivity index (χ4n) is 1.34. The minimum atomic E-state index is -0.247. The second kappa shape index (κ2) is 5.38. The molecular weight excluding hydrogens is 174 g/mol. The van der Waals surface area contributed by atoms with Crippen molar-refractivity contribution >= 4 is 5.91 Å². The van der Waals surface area contributed by atoms with Crippen LogP contribution in [0.5, 0.6) is 0 Å². The standard InChI is InChI=1S/C12H25NO/c1-7-10(3)9-13(8-2)11(14)12(4,5)6/h10H,7-9H2,1-6H3. The summed E-state index contributed by atoms with van der Waals surface area (Å²) in [5, 5.41) is 0. The molecule has 0 fully saturated rings. The third kappa shape index (κ3) is 4.12. The van der Waals surface area contributed by atoms with E-state index in [4.69, 9.17) is 0 Å². The Hall–Kier alpha value is -0.530. The van der Waals surface area contributed by atoms with E-state index in [-0.39, 0.29) is 11.3 Å². The molecular formula is C12H25NO. The van der Waals surface area contributed by atoms with Gasteiger partial charge in [0.2, 0.25) is 5.91 Å². The lowest BCUT2D eigenvalue weighted by atomic mass is 9.94. The molecule has 0 rings (SSSR count). The van der Waals surface area contributed by atoms with Gasteiger partial charge in [-0.3, -0.25) is 4.79 Å². The Morgan fingerprint density at radius 1 is 1.29 bits per heavy atom. The van der Waals surface area contributed by atoms with Gasteiger partial charge in [-0.05, 0) is 12.8 Å². The minimum Gasteiger partial charge on any atom is -0.342 e. The monoisotopic (exact) mass is 199 g/mol. The summed E-state index contributed by atoms with van der Waals surface area (Å²) in [4.78, 5) is 13.9. The normalized spacial score (nSPS) is 13.9. The Morgan fingerprint density at radius 2 is 1.79 bits per heavy atom. The maximum absolute atomic E-state index is 12.0. The predicted molar refractivity (Wildman–Crippen MR) is 61.2 cm³/mol. The van der Waals surface area contributed by atoms with Gasteiger partial charge >= 0.3 is 0 Å².